The van der Waals surface area contributed by atoms with E-state index in [4.69, 9.17) is 14.2 Å². The Balaban J connectivity index is 1.70. The Labute approximate surface area is 166 Å². The third kappa shape index (κ3) is 8.10. The van der Waals surface area contributed by atoms with Crippen LogP contribution in [-0.4, -0.2) is 46.1 Å². The van der Waals surface area contributed by atoms with Crippen LogP contribution in [0.5, 0.6) is 5.75 Å². The summed E-state index contributed by atoms with van der Waals surface area (Å²) in [6.07, 6.45) is 8.89. The molecule has 1 aromatic rings. The molecule has 4 heteroatoms. The normalized spacial score (nSPS) is 16.9. The summed E-state index contributed by atoms with van der Waals surface area (Å²) in [7, 11) is 1.73. The number of anilines is 1. The standard InChI is InChI=1S/C23H39NO3/c1-4-6-10-20(5-2)17-26-18-23(25-3)19-27-22-13-11-21(12-14-22)24-15-8-7-9-16-24/h11-14,20,23H,4-10,15-19H2,1-3H3. The molecule has 27 heavy (non-hydrogen) atoms. The second-order valence-corrected chi connectivity index (χ2v) is 7.66. The van der Waals surface area contributed by atoms with Crippen molar-refractivity contribution in [3.8, 4) is 5.75 Å². The highest BCUT2D eigenvalue weighted by molar-refractivity contribution is 5.49. The Kier molecular flexibility index (Phi) is 10.6. The van der Waals surface area contributed by atoms with Gasteiger partial charge in [-0.05, 0) is 55.9 Å². The van der Waals surface area contributed by atoms with Gasteiger partial charge < -0.3 is 19.1 Å². The van der Waals surface area contributed by atoms with Crippen molar-refractivity contribution in [1.82, 2.24) is 0 Å². The van der Waals surface area contributed by atoms with Gasteiger partial charge in [0.05, 0.1) is 6.61 Å². The molecule has 1 aromatic carbocycles. The highest BCUT2D eigenvalue weighted by atomic mass is 16.6. The average molecular weight is 378 g/mol. The molecule has 0 bridgehead atoms. The Morgan fingerprint density at radius 3 is 2.33 bits per heavy atom. The number of methoxy groups -OCH3 is 1. The topological polar surface area (TPSA) is 30.9 Å². The van der Waals surface area contributed by atoms with E-state index in [1.165, 1.54) is 63.7 Å². The van der Waals surface area contributed by atoms with Gasteiger partial charge in [-0.1, -0.05) is 33.1 Å². The monoisotopic (exact) mass is 377 g/mol. The molecule has 2 atom stereocenters. The zero-order chi connectivity index (χ0) is 19.3. The minimum atomic E-state index is -0.0320. The summed E-state index contributed by atoms with van der Waals surface area (Å²) in [6, 6.07) is 8.46. The first-order chi connectivity index (χ1) is 13.3. The van der Waals surface area contributed by atoms with Gasteiger partial charge in [-0.15, -0.1) is 0 Å². The van der Waals surface area contributed by atoms with Gasteiger partial charge in [-0.3, -0.25) is 0 Å². The third-order valence-corrected chi connectivity index (χ3v) is 5.53. The summed E-state index contributed by atoms with van der Waals surface area (Å²) in [5.74, 6) is 1.55. The van der Waals surface area contributed by atoms with Crippen molar-refractivity contribution in [1.29, 1.82) is 0 Å². The van der Waals surface area contributed by atoms with Gasteiger partial charge in [0.15, 0.2) is 0 Å². The molecular weight excluding hydrogens is 338 g/mol. The van der Waals surface area contributed by atoms with E-state index in [-0.39, 0.29) is 6.10 Å². The summed E-state index contributed by atoms with van der Waals surface area (Å²) in [5.41, 5.74) is 1.30. The highest BCUT2D eigenvalue weighted by Crippen LogP contribution is 2.23. The number of hydrogen-bond acceptors (Lipinski definition) is 4. The van der Waals surface area contributed by atoms with Crippen molar-refractivity contribution in [2.24, 2.45) is 5.92 Å². The lowest BCUT2D eigenvalue weighted by molar-refractivity contribution is -0.0240. The molecule has 2 unspecified atom stereocenters. The number of hydrogen-bond donors (Lipinski definition) is 0. The Morgan fingerprint density at radius 1 is 0.963 bits per heavy atom. The highest BCUT2D eigenvalue weighted by Gasteiger charge is 2.13. The quantitative estimate of drug-likeness (QED) is 0.466. The Morgan fingerprint density at radius 2 is 1.70 bits per heavy atom. The molecule has 0 saturated carbocycles. The van der Waals surface area contributed by atoms with Gasteiger partial charge in [0.25, 0.3) is 0 Å². The van der Waals surface area contributed by atoms with E-state index in [2.05, 4.69) is 43.0 Å². The summed E-state index contributed by atoms with van der Waals surface area (Å²) in [4.78, 5) is 2.46. The first-order valence-electron chi connectivity index (χ1n) is 10.8. The fraction of sp³-hybridized carbons (Fsp3) is 0.739. The van der Waals surface area contributed by atoms with Crippen molar-refractivity contribution >= 4 is 5.69 Å². The van der Waals surface area contributed by atoms with Crippen LogP contribution in [0, 0.1) is 5.92 Å². The average Bonchev–Trinajstić information content (AvgIpc) is 2.73. The van der Waals surface area contributed by atoms with Crippen LogP contribution in [0.15, 0.2) is 24.3 Å². The summed E-state index contributed by atoms with van der Waals surface area (Å²) in [6.45, 7) is 8.75. The van der Waals surface area contributed by atoms with Crippen LogP contribution >= 0.6 is 0 Å². The summed E-state index contributed by atoms with van der Waals surface area (Å²) >= 11 is 0. The van der Waals surface area contributed by atoms with Crippen LogP contribution in [0.2, 0.25) is 0 Å². The maximum absolute atomic E-state index is 5.93. The van der Waals surface area contributed by atoms with E-state index in [0.717, 1.165) is 12.4 Å². The minimum absolute atomic E-state index is 0.0320. The van der Waals surface area contributed by atoms with E-state index in [1.807, 2.05) is 0 Å². The van der Waals surface area contributed by atoms with Crippen molar-refractivity contribution in [2.45, 2.75) is 64.9 Å². The summed E-state index contributed by atoms with van der Waals surface area (Å²) in [5, 5.41) is 0. The van der Waals surface area contributed by atoms with Crippen LogP contribution in [-0.2, 0) is 9.47 Å². The molecule has 0 spiro atoms. The predicted molar refractivity (Wildman–Crippen MR) is 113 cm³/mol. The third-order valence-electron chi connectivity index (χ3n) is 5.53. The van der Waals surface area contributed by atoms with Gasteiger partial charge in [0.1, 0.15) is 18.5 Å². The molecule has 2 rings (SSSR count). The molecule has 154 valence electrons. The lowest BCUT2D eigenvalue weighted by Crippen LogP contribution is -2.29. The van der Waals surface area contributed by atoms with Crippen LogP contribution in [0.1, 0.15) is 58.8 Å². The van der Waals surface area contributed by atoms with Crippen molar-refractivity contribution in [3.63, 3.8) is 0 Å². The maximum atomic E-state index is 5.93. The number of unbranched alkanes of at least 4 members (excludes halogenated alkanes) is 1. The number of piperidine rings is 1. The zero-order valence-electron chi connectivity index (χ0n) is 17.6. The Hall–Kier alpha value is -1.26. The van der Waals surface area contributed by atoms with E-state index in [0.29, 0.717) is 19.1 Å². The molecule has 0 aliphatic carbocycles. The fourth-order valence-electron chi connectivity index (χ4n) is 3.54. The molecule has 1 saturated heterocycles. The van der Waals surface area contributed by atoms with Gasteiger partial charge in [-0.25, -0.2) is 0 Å². The number of rotatable bonds is 13. The van der Waals surface area contributed by atoms with E-state index >= 15 is 0 Å². The van der Waals surface area contributed by atoms with Gasteiger partial charge in [-0.2, -0.15) is 0 Å². The molecule has 0 amide bonds. The molecule has 4 nitrogen and oxygen atoms in total. The van der Waals surface area contributed by atoms with Crippen molar-refractivity contribution in [2.75, 3.05) is 44.9 Å². The molecule has 1 aliphatic heterocycles. The number of nitrogens with zero attached hydrogens (tertiary/aromatic N) is 1. The fourth-order valence-corrected chi connectivity index (χ4v) is 3.54. The molecule has 0 N–H and O–H groups in total. The van der Waals surface area contributed by atoms with Crippen LogP contribution in [0.4, 0.5) is 5.69 Å². The van der Waals surface area contributed by atoms with Crippen molar-refractivity contribution in [3.05, 3.63) is 24.3 Å². The molecule has 1 fully saturated rings. The van der Waals surface area contributed by atoms with E-state index in [1.54, 1.807) is 7.11 Å². The number of ether oxygens (including phenoxy) is 3. The predicted octanol–water partition coefficient (Wildman–Crippen LogP) is 5.30. The second-order valence-electron chi connectivity index (χ2n) is 7.66. The minimum Gasteiger partial charge on any atom is -0.491 e. The molecule has 1 heterocycles. The summed E-state index contributed by atoms with van der Waals surface area (Å²) < 4.78 is 17.4. The zero-order valence-corrected chi connectivity index (χ0v) is 17.6. The first-order valence-corrected chi connectivity index (χ1v) is 10.8. The molecular formula is C23H39NO3. The number of benzene rings is 1. The lowest BCUT2D eigenvalue weighted by Gasteiger charge is -2.28. The molecule has 1 aliphatic rings. The van der Waals surface area contributed by atoms with E-state index < -0.39 is 0 Å². The first kappa shape index (κ1) is 22.0. The van der Waals surface area contributed by atoms with Gasteiger partial charge >= 0.3 is 0 Å². The maximum Gasteiger partial charge on any atom is 0.119 e. The largest absolute Gasteiger partial charge is 0.491 e. The van der Waals surface area contributed by atoms with Crippen LogP contribution in [0.25, 0.3) is 0 Å². The van der Waals surface area contributed by atoms with Gasteiger partial charge in [0, 0.05) is 32.5 Å². The molecule has 0 aromatic heterocycles. The van der Waals surface area contributed by atoms with Gasteiger partial charge in [0.2, 0.25) is 0 Å². The lowest BCUT2D eigenvalue weighted by atomic mass is 10.0. The van der Waals surface area contributed by atoms with Crippen LogP contribution in [0.3, 0.4) is 0 Å². The molecule has 0 radical (unpaired) electrons. The second kappa shape index (κ2) is 13.0. The van der Waals surface area contributed by atoms with Crippen LogP contribution < -0.4 is 9.64 Å². The van der Waals surface area contributed by atoms with E-state index in [9.17, 15) is 0 Å². The Bertz CT molecular complexity index is 485. The SMILES string of the molecule is CCCCC(CC)COCC(COc1ccc(N2CCCCC2)cc1)OC. The van der Waals surface area contributed by atoms with Crippen molar-refractivity contribution < 1.29 is 14.2 Å². The smallest absolute Gasteiger partial charge is 0.119 e.